The number of carbonyl (C=O) groups is 1. The topological polar surface area (TPSA) is 67.5 Å². The molecule has 0 fully saturated rings. The van der Waals surface area contributed by atoms with E-state index < -0.39 is 0 Å². The predicted molar refractivity (Wildman–Crippen MR) is 129 cm³/mol. The zero-order valence-corrected chi connectivity index (χ0v) is 19.1. The molecule has 1 aliphatic carbocycles. The Bertz CT molecular complexity index is 1320. The quantitative estimate of drug-likeness (QED) is 0.171. The molecule has 0 aromatic heterocycles. The minimum Gasteiger partial charge on any atom is -0.506 e. The second-order valence-corrected chi connectivity index (χ2v) is 8.68. The summed E-state index contributed by atoms with van der Waals surface area (Å²) in [5, 5.41) is 11.0. The Labute approximate surface area is 195 Å². The number of benzene rings is 3. The van der Waals surface area contributed by atoms with E-state index in [1.165, 1.54) is 12.1 Å². The number of Topliss-reactive ketones (excluding diaryl/α,β-unsaturated/α-hetero) is 1. The first-order valence-electron chi connectivity index (χ1n) is 10.6. The third-order valence-electron chi connectivity index (χ3n) is 5.59. The van der Waals surface area contributed by atoms with Crippen molar-refractivity contribution in [2.24, 2.45) is 0 Å². The SMILES string of the molecule is CCCCCCC(=O)c1ccc(-c2c3cc(Cl)c(=O)cc-3oc3cc(O)c(Cl)cc23)cc1. The Hall–Kier alpha value is -2.82. The molecule has 2 aromatic rings. The summed E-state index contributed by atoms with van der Waals surface area (Å²) in [6, 6.07) is 13.3. The Balaban J connectivity index is 1.82. The number of hydrogen-bond donors (Lipinski definition) is 1. The Morgan fingerprint density at radius 1 is 0.969 bits per heavy atom. The summed E-state index contributed by atoms with van der Waals surface area (Å²) in [4.78, 5) is 24.6. The summed E-state index contributed by atoms with van der Waals surface area (Å²) in [5.74, 6) is 0.352. The summed E-state index contributed by atoms with van der Waals surface area (Å²) in [6.07, 6.45) is 4.75. The largest absolute Gasteiger partial charge is 0.506 e. The van der Waals surface area contributed by atoms with Crippen LogP contribution in [0.1, 0.15) is 49.4 Å². The molecule has 32 heavy (non-hydrogen) atoms. The number of fused-ring (bicyclic) bond motifs is 2. The number of rotatable bonds is 7. The highest BCUT2D eigenvalue weighted by molar-refractivity contribution is 6.33. The van der Waals surface area contributed by atoms with E-state index in [0.717, 1.165) is 36.8 Å². The lowest BCUT2D eigenvalue weighted by atomic mass is 9.92. The average molecular weight is 469 g/mol. The number of carbonyl (C=O) groups excluding carboxylic acids is 1. The summed E-state index contributed by atoms with van der Waals surface area (Å²) in [5.41, 5.74) is 2.90. The molecule has 0 spiro atoms. The van der Waals surface area contributed by atoms with E-state index in [-0.39, 0.29) is 27.0 Å². The number of hydrogen-bond acceptors (Lipinski definition) is 4. The molecule has 6 heteroatoms. The molecule has 0 amide bonds. The van der Waals surface area contributed by atoms with Gasteiger partial charge in [0.25, 0.3) is 0 Å². The van der Waals surface area contributed by atoms with Crippen molar-refractivity contribution in [3.63, 3.8) is 0 Å². The maximum absolute atomic E-state index is 12.5. The van der Waals surface area contributed by atoms with Gasteiger partial charge in [-0.2, -0.15) is 0 Å². The van der Waals surface area contributed by atoms with Crippen molar-refractivity contribution in [3.05, 3.63) is 74.4 Å². The fraction of sp³-hybridized carbons (Fsp3) is 0.231. The highest BCUT2D eigenvalue weighted by Crippen LogP contribution is 2.43. The number of halogens is 2. The maximum atomic E-state index is 12.5. The second-order valence-electron chi connectivity index (χ2n) is 7.87. The first-order chi connectivity index (χ1) is 15.4. The van der Waals surface area contributed by atoms with Crippen LogP contribution >= 0.6 is 23.2 Å². The third kappa shape index (κ3) is 4.38. The van der Waals surface area contributed by atoms with E-state index in [4.69, 9.17) is 27.6 Å². The molecule has 0 atom stereocenters. The molecule has 164 valence electrons. The van der Waals surface area contributed by atoms with Crippen LogP contribution in [0.4, 0.5) is 0 Å². The van der Waals surface area contributed by atoms with E-state index in [9.17, 15) is 14.7 Å². The molecule has 0 saturated heterocycles. The van der Waals surface area contributed by atoms with Crippen LogP contribution in [0, 0.1) is 0 Å². The number of phenolic OH excluding ortho intramolecular Hbond substituents is 1. The van der Waals surface area contributed by atoms with E-state index in [2.05, 4.69) is 6.92 Å². The maximum Gasteiger partial charge on any atom is 0.200 e. The normalized spacial score (nSPS) is 11.3. The molecule has 4 rings (SSSR count). The second kappa shape index (κ2) is 9.35. The lowest BCUT2D eigenvalue weighted by Gasteiger charge is -2.16. The van der Waals surface area contributed by atoms with E-state index in [1.807, 2.05) is 24.3 Å². The van der Waals surface area contributed by atoms with Crippen LogP contribution in [0.15, 0.2) is 57.7 Å². The van der Waals surface area contributed by atoms with Crippen molar-refractivity contribution in [3.8, 4) is 28.2 Å². The van der Waals surface area contributed by atoms with Gasteiger partial charge in [0.1, 0.15) is 17.1 Å². The molecule has 0 unspecified atom stereocenters. The van der Waals surface area contributed by atoms with Crippen LogP contribution in [0.2, 0.25) is 10.0 Å². The van der Waals surface area contributed by atoms with Crippen molar-refractivity contribution >= 4 is 40.0 Å². The average Bonchev–Trinajstić information content (AvgIpc) is 2.77. The van der Waals surface area contributed by atoms with Gasteiger partial charge in [-0.3, -0.25) is 9.59 Å². The van der Waals surface area contributed by atoms with Gasteiger partial charge in [0.15, 0.2) is 5.78 Å². The van der Waals surface area contributed by atoms with E-state index in [1.54, 1.807) is 12.1 Å². The Morgan fingerprint density at radius 3 is 2.44 bits per heavy atom. The van der Waals surface area contributed by atoms with Crippen LogP contribution in [0.25, 0.3) is 33.4 Å². The van der Waals surface area contributed by atoms with Crippen molar-refractivity contribution in [1.82, 2.24) is 0 Å². The third-order valence-corrected chi connectivity index (χ3v) is 6.19. The highest BCUT2D eigenvalue weighted by Gasteiger charge is 2.20. The Kier molecular flexibility index (Phi) is 6.54. The molecule has 0 bridgehead atoms. The molecular formula is C26H22Cl2O4. The molecule has 1 aliphatic heterocycles. The molecular weight excluding hydrogens is 447 g/mol. The smallest absolute Gasteiger partial charge is 0.200 e. The summed E-state index contributed by atoms with van der Waals surface area (Å²) in [7, 11) is 0. The van der Waals surface area contributed by atoms with Crippen molar-refractivity contribution in [2.75, 3.05) is 0 Å². The van der Waals surface area contributed by atoms with Gasteiger partial charge in [0, 0.05) is 40.6 Å². The van der Waals surface area contributed by atoms with Crippen LogP contribution in [0.5, 0.6) is 5.75 Å². The fourth-order valence-corrected chi connectivity index (χ4v) is 4.22. The number of unbranched alkanes of at least 4 members (excludes halogenated alkanes) is 3. The van der Waals surface area contributed by atoms with Crippen molar-refractivity contribution in [2.45, 2.75) is 39.0 Å². The molecule has 2 aliphatic rings. The molecule has 2 aromatic carbocycles. The van der Waals surface area contributed by atoms with Crippen LogP contribution in [-0.2, 0) is 0 Å². The zero-order valence-electron chi connectivity index (χ0n) is 17.6. The minimum atomic E-state index is -0.351. The highest BCUT2D eigenvalue weighted by atomic mass is 35.5. The standard InChI is InChI=1S/C26H22Cl2O4/c1-2-3-4-5-6-21(29)15-7-9-16(10-8-15)26-17-11-19(27)22(30)13-24(17)32-25-14-23(31)20(28)12-18(25)26/h7-14,30H,2-6H2,1H3. The van der Waals surface area contributed by atoms with Gasteiger partial charge < -0.3 is 9.52 Å². The molecule has 1 N–H and O–H groups in total. The fourth-order valence-electron chi connectivity index (χ4n) is 3.89. The van der Waals surface area contributed by atoms with E-state index in [0.29, 0.717) is 34.3 Å². The van der Waals surface area contributed by atoms with Crippen molar-refractivity contribution in [1.29, 1.82) is 0 Å². The molecule has 4 nitrogen and oxygen atoms in total. The first-order valence-corrected chi connectivity index (χ1v) is 11.4. The van der Waals surface area contributed by atoms with Crippen molar-refractivity contribution < 1.29 is 14.3 Å². The monoisotopic (exact) mass is 468 g/mol. The van der Waals surface area contributed by atoms with Gasteiger partial charge in [-0.1, -0.05) is 73.7 Å². The summed E-state index contributed by atoms with van der Waals surface area (Å²) >= 11 is 12.3. The van der Waals surface area contributed by atoms with Gasteiger partial charge in [-0.15, -0.1) is 0 Å². The van der Waals surface area contributed by atoms with Crippen LogP contribution in [0.3, 0.4) is 0 Å². The van der Waals surface area contributed by atoms with Gasteiger partial charge in [0.05, 0.1) is 10.0 Å². The lowest BCUT2D eigenvalue weighted by Crippen LogP contribution is -2.03. The zero-order chi connectivity index (χ0) is 22.8. The Morgan fingerprint density at radius 2 is 1.72 bits per heavy atom. The van der Waals surface area contributed by atoms with E-state index >= 15 is 0 Å². The van der Waals surface area contributed by atoms with Gasteiger partial charge in [-0.25, -0.2) is 0 Å². The van der Waals surface area contributed by atoms with Gasteiger partial charge in [-0.05, 0) is 24.1 Å². The van der Waals surface area contributed by atoms with Crippen LogP contribution in [-0.4, -0.2) is 10.9 Å². The van der Waals surface area contributed by atoms with Crippen LogP contribution < -0.4 is 5.43 Å². The van der Waals surface area contributed by atoms with Gasteiger partial charge in [0.2, 0.25) is 5.43 Å². The number of phenols is 1. The predicted octanol–water partition coefficient (Wildman–Crippen LogP) is 7.73. The summed E-state index contributed by atoms with van der Waals surface area (Å²) in [6.45, 7) is 2.14. The molecule has 0 saturated carbocycles. The molecule has 1 heterocycles. The number of aromatic hydroxyl groups is 1. The summed E-state index contributed by atoms with van der Waals surface area (Å²) < 4.78 is 5.87. The number of ketones is 1. The molecule has 0 radical (unpaired) electrons. The lowest BCUT2D eigenvalue weighted by molar-refractivity contribution is 0.0979. The minimum absolute atomic E-state index is 0.0806. The van der Waals surface area contributed by atoms with Gasteiger partial charge >= 0.3 is 0 Å². The first kappa shape index (κ1) is 22.4.